The van der Waals surface area contributed by atoms with E-state index in [1.807, 2.05) is 31.2 Å². The molecule has 0 fully saturated rings. The van der Waals surface area contributed by atoms with Crippen molar-refractivity contribution in [1.82, 2.24) is 0 Å². The van der Waals surface area contributed by atoms with E-state index in [0.29, 0.717) is 34.9 Å². The molecule has 172 valence electrons. The summed E-state index contributed by atoms with van der Waals surface area (Å²) < 4.78 is 42.0. The summed E-state index contributed by atoms with van der Waals surface area (Å²) in [5.41, 5.74) is 4.01. The predicted molar refractivity (Wildman–Crippen MR) is 136 cm³/mol. The van der Waals surface area contributed by atoms with Gasteiger partial charge in [-0.25, -0.2) is 12.8 Å². The van der Waals surface area contributed by atoms with Crippen LogP contribution in [0.3, 0.4) is 0 Å². The number of fused-ring (bicyclic) bond motifs is 1. The Balaban J connectivity index is 1.53. The van der Waals surface area contributed by atoms with E-state index in [9.17, 15) is 12.8 Å². The molecule has 1 heterocycles. The molecule has 0 radical (unpaired) electrons. The van der Waals surface area contributed by atoms with Crippen LogP contribution in [0.5, 0.6) is 0 Å². The van der Waals surface area contributed by atoms with Gasteiger partial charge in [-0.15, -0.1) is 0 Å². The number of anilines is 3. The molecule has 0 amide bonds. The Kier molecular flexibility index (Phi) is 6.67. The Morgan fingerprint density at radius 1 is 1.09 bits per heavy atom. The van der Waals surface area contributed by atoms with Crippen molar-refractivity contribution in [1.29, 1.82) is 0 Å². The molecule has 0 saturated carbocycles. The highest BCUT2D eigenvalue weighted by atomic mass is 32.2. The molecule has 4 rings (SSSR count). The molecule has 0 aliphatic carbocycles. The first-order valence-corrected chi connectivity index (χ1v) is 12.7. The van der Waals surface area contributed by atoms with Crippen molar-refractivity contribution in [3.8, 4) is 0 Å². The summed E-state index contributed by atoms with van der Waals surface area (Å²) in [4.78, 5) is 0.173. The Labute approximate surface area is 199 Å². The quantitative estimate of drug-likeness (QED) is 0.454. The van der Waals surface area contributed by atoms with E-state index in [0.717, 1.165) is 17.7 Å². The standard InChI is InChI=1S/C25H26FN3O2S2/c1-3-18-6-4-5-7-23(18)28-25(32)27-21-11-13-22(14-12-21)33(30,31)29-17(2)8-9-19-16-20(26)10-15-24(19)29/h4-7,10-17H,3,8-9H2,1-2H3,(H2,27,28,32)/t17-/m1/s1. The van der Waals surface area contributed by atoms with Gasteiger partial charge in [-0.05, 0) is 98.1 Å². The Morgan fingerprint density at radius 2 is 1.82 bits per heavy atom. The fourth-order valence-electron chi connectivity index (χ4n) is 4.11. The van der Waals surface area contributed by atoms with Gasteiger partial charge in [0.2, 0.25) is 0 Å². The highest BCUT2D eigenvalue weighted by Crippen LogP contribution is 2.36. The lowest BCUT2D eigenvalue weighted by atomic mass is 9.99. The summed E-state index contributed by atoms with van der Waals surface area (Å²) in [6.07, 6.45) is 2.16. The summed E-state index contributed by atoms with van der Waals surface area (Å²) >= 11 is 5.42. The average molecular weight is 484 g/mol. The number of hydrogen-bond acceptors (Lipinski definition) is 3. The van der Waals surface area contributed by atoms with Gasteiger partial charge in [0.05, 0.1) is 10.6 Å². The molecule has 1 atom stereocenters. The first kappa shape index (κ1) is 23.2. The maximum Gasteiger partial charge on any atom is 0.264 e. The number of nitrogens with zero attached hydrogens (tertiary/aromatic N) is 1. The van der Waals surface area contributed by atoms with Crippen molar-refractivity contribution in [3.05, 3.63) is 83.7 Å². The van der Waals surface area contributed by atoms with Gasteiger partial charge in [0.1, 0.15) is 5.82 Å². The largest absolute Gasteiger partial charge is 0.332 e. The molecule has 0 bridgehead atoms. The third kappa shape index (κ3) is 4.86. The molecule has 1 aliphatic rings. The zero-order valence-electron chi connectivity index (χ0n) is 18.5. The molecule has 3 aromatic carbocycles. The molecule has 0 spiro atoms. The summed E-state index contributed by atoms with van der Waals surface area (Å²) in [6, 6.07) is 18.5. The van der Waals surface area contributed by atoms with E-state index in [-0.39, 0.29) is 16.8 Å². The van der Waals surface area contributed by atoms with Crippen molar-refractivity contribution < 1.29 is 12.8 Å². The average Bonchev–Trinajstić information content (AvgIpc) is 2.79. The van der Waals surface area contributed by atoms with Crippen molar-refractivity contribution >= 4 is 44.4 Å². The first-order chi connectivity index (χ1) is 15.8. The predicted octanol–water partition coefficient (Wildman–Crippen LogP) is 5.73. The minimum absolute atomic E-state index is 0.173. The second-order valence-electron chi connectivity index (χ2n) is 8.08. The van der Waals surface area contributed by atoms with Crippen LogP contribution in [0.1, 0.15) is 31.4 Å². The smallest absolute Gasteiger partial charge is 0.264 e. The van der Waals surface area contributed by atoms with E-state index in [1.165, 1.54) is 16.4 Å². The zero-order chi connectivity index (χ0) is 23.6. The summed E-state index contributed by atoms with van der Waals surface area (Å²) in [5, 5.41) is 6.72. The number of hydrogen-bond donors (Lipinski definition) is 2. The van der Waals surface area contributed by atoms with Crippen molar-refractivity contribution in [2.24, 2.45) is 0 Å². The minimum atomic E-state index is -3.81. The van der Waals surface area contributed by atoms with Crippen LogP contribution in [0.15, 0.2) is 71.6 Å². The molecule has 2 N–H and O–H groups in total. The van der Waals surface area contributed by atoms with E-state index in [1.54, 1.807) is 30.3 Å². The maximum absolute atomic E-state index is 13.7. The Hall–Kier alpha value is -2.97. The van der Waals surface area contributed by atoms with E-state index in [2.05, 4.69) is 17.6 Å². The monoisotopic (exact) mass is 483 g/mol. The van der Waals surface area contributed by atoms with Gasteiger partial charge < -0.3 is 10.6 Å². The minimum Gasteiger partial charge on any atom is -0.332 e. The van der Waals surface area contributed by atoms with Gasteiger partial charge >= 0.3 is 0 Å². The number of rotatable bonds is 5. The molecule has 8 heteroatoms. The van der Waals surface area contributed by atoms with Gasteiger partial charge in [-0.3, -0.25) is 4.31 Å². The number of thiocarbonyl (C=S) groups is 1. The van der Waals surface area contributed by atoms with E-state index >= 15 is 0 Å². The lowest BCUT2D eigenvalue weighted by Gasteiger charge is -2.36. The molecule has 3 aromatic rings. The highest BCUT2D eigenvalue weighted by Gasteiger charge is 2.34. The Morgan fingerprint density at radius 3 is 2.55 bits per heavy atom. The molecular weight excluding hydrogens is 457 g/mol. The van der Waals surface area contributed by atoms with Gasteiger partial charge in [0.25, 0.3) is 10.0 Å². The lowest BCUT2D eigenvalue weighted by Crippen LogP contribution is -2.42. The van der Waals surface area contributed by atoms with Crippen LogP contribution in [0.2, 0.25) is 0 Å². The zero-order valence-corrected chi connectivity index (χ0v) is 20.1. The van der Waals surface area contributed by atoms with Gasteiger partial charge in [-0.2, -0.15) is 0 Å². The second-order valence-corrected chi connectivity index (χ2v) is 10.3. The molecular formula is C25H26FN3O2S2. The summed E-state index contributed by atoms with van der Waals surface area (Å²) in [5.74, 6) is -0.359. The summed E-state index contributed by atoms with van der Waals surface area (Å²) in [7, 11) is -3.81. The van der Waals surface area contributed by atoms with Crippen LogP contribution in [0.4, 0.5) is 21.5 Å². The van der Waals surface area contributed by atoms with Crippen LogP contribution >= 0.6 is 12.2 Å². The molecule has 33 heavy (non-hydrogen) atoms. The number of nitrogens with one attached hydrogen (secondary N) is 2. The fraction of sp³-hybridized carbons (Fsp3) is 0.240. The molecule has 0 unspecified atom stereocenters. The molecule has 0 aromatic heterocycles. The molecule has 5 nitrogen and oxygen atoms in total. The first-order valence-electron chi connectivity index (χ1n) is 10.9. The van der Waals surface area contributed by atoms with Crippen LogP contribution in [-0.2, 0) is 22.9 Å². The molecule has 1 aliphatic heterocycles. The van der Waals surface area contributed by atoms with Crippen molar-refractivity contribution in [3.63, 3.8) is 0 Å². The normalized spacial score (nSPS) is 15.6. The van der Waals surface area contributed by atoms with Crippen LogP contribution in [0, 0.1) is 5.82 Å². The fourth-order valence-corrected chi connectivity index (χ4v) is 6.07. The number of halogens is 1. The molecule has 0 saturated heterocycles. The topological polar surface area (TPSA) is 61.4 Å². The van der Waals surface area contributed by atoms with Gasteiger partial charge in [-0.1, -0.05) is 25.1 Å². The van der Waals surface area contributed by atoms with Crippen molar-refractivity contribution in [2.45, 2.75) is 44.0 Å². The number of benzene rings is 3. The van der Waals surface area contributed by atoms with Crippen LogP contribution in [0.25, 0.3) is 0 Å². The number of para-hydroxylation sites is 1. The maximum atomic E-state index is 13.7. The lowest BCUT2D eigenvalue weighted by molar-refractivity contribution is 0.560. The van der Waals surface area contributed by atoms with Crippen molar-refractivity contribution in [2.75, 3.05) is 14.9 Å². The van der Waals surface area contributed by atoms with Gasteiger partial charge in [0.15, 0.2) is 5.11 Å². The highest BCUT2D eigenvalue weighted by molar-refractivity contribution is 7.92. The number of sulfonamides is 1. The van der Waals surface area contributed by atoms with E-state index < -0.39 is 10.0 Å². The van der Waals surface area contributed by atoms with Crippen LogP contribution in [-0.4, -0.2) is 19.6 Å². The summed E-state index contributed by atoms with van der Waals surface area (Å²) in [6.45, 7) is 3.95. The third-order valence-electron chi connectivity index (χ3n) is 5.83. The van der Waals surface area contributed by atoms with Crippen LogP contribution < -0.4 is 14.9 Å². The third-order valence-corrected chi connectivity index (χ3v) is 7.97. The Bertz CT molecular complexity index is 1280. The van der Waals surface area contributed by atoms with E-state index in [4.69, 9.17) is 12.2 Å². The van der Waals surface area contributed by atoms with Gasteiger partial charge in [0, 0.05) is 17.4 Å². The number of aryl methyl sites for hydroxylation is 2. The SMILES string of the molecule is CCc1ccccc1NC(=S)Nc1ccc(S(=O)(=O)N2c3ccc(F)cc3CC[C@H]2C)cc1. The second kappa shape index (κ2) is 9.49.